The zero-order chi connectivity index (χ0) is 17.8. The molecule has 0 unspecified atom stereocenters. The minimum Gasteiger partial charge on any atom is -0.461 e. The van der Waals surface area contributed by atoms with E-state index in [0.717, 1.165) is 12.0 Å². The van der Waals surface area contributed by atoms with Gasteiger partial charge in [0, 0.05) is 6.42 Å². The van der Waals surface area contributed by atoms with Crippen LogP contribution in [0.15, 0.2) is 23.3 Å². The number of aliphatic hydroxyl groups excluding tert-OH is 1. The first kappa shape index (κ1) is 19.9. The van der Waals surface area contributed by atoms with Gasteiger partial charge in [-0.15, -0.1) is 0 Å². The number of carbonyl (C=O) groups is 1. The van der Waals surface area contributed by atoms with Crippen LogP contribution in [-0.2, 0) is 9.53 Å². The highest BCUT2D eigenvalue weighted by molar-refractivity contribution is 5.71. The van der Waals surface area contributed by atoms with Crippen LogP contribution < -0.4 is 0 Å². The highest BCUT2D eigenvalue weighted by atomic mass is 16.5. The molecule has 0 saturated carbocycles. The van der Waals surface area contributed by atoms with Crippen molar-refractivity contribution in [2.75, 3.05) is 0 Å². The maximum atomic E-state index is 12.0. The van der Waals surface area contributed by atoms with Gasteiger partial charge in [-0.05, 0) is 40.5 Å². The van der Waals surface area contributed by atoms with Crippen LogP contribution in [0.2, 0.25) is 0 Å². The first-order valence-electron chi connectivity index (χ1n) is 8.46. The molecular weight excluding hydrogens is 292 g/mol. The summed E-state index contributed by atoms with van der Waals surface area (Å²) in [7, 11) is 0. The Balaban J connectivity index is 2.95. The summed E-state index contributed by atoms with van der Waals surface area (Å²) in [6, 6.07) is 0. The van der Waals surface area contributed by atoms with Crippen molar-refractivity contribution in [1.29, 1.82) is 0 Å². The Morgan fingerprint density at radius 1 is 1.48 bits per heavy atom. The first-order chi connectivity index (χ1) is 10.5. The maximum absolute atomic E-state index is 12.0. The van der Waals surface area contributed by atoms with Gasteiger partial charge in [0.1, 0.15) is 6.10 Å². The number of aliphatic hydroxyl groups is 2. The summed E-state index contributed by atoms with van der Waals surface area (Å²) in [4.78, 5) is 12.0. The van der Waals surface area contributed by atoms with Crippen molar-refractivity contribution in [1.82, 2.24) is 0 Å². The molecule has 0 radical (unpaired) electrons. The average Bonchev–Trinajstić information content (AvgIpc) is 2.36. The Morgan fingerprint density at radius 2 is 2.09 bits per heavy atom. The van der Waals surface area contributed by atoms with Crippen LogP contribution in [0.1, 0.15) is 60.8 Å². The minimum atomic E-state index is -1.11. The fourth-order valence-corrected chi connectivity index (χ4v) is 3.12. The molecule has 0 aliphatic heterocycles. The van der Waals surface area contributed by atoms with Crippen molar-refractivity contribution >= 4 is 5.97 Å². The molecule has 0 heterocycles. The number of hydrogen-bond acceptors (Lipinski definition) is 4. The number of carbonyl (C=O) groups excluding carboxylic acids is 1. The van der Waals surface area contributed by atoms with Gasteiger partial charge < -0.3 is 14.9 Å². The maximum Gasteiger partial charge on any atom is 0.308 e. The molecule has 4 heteroatoms. The molecule has 0 aromatic rings. The SMILES string of the molecule is CC(C)=CCC[C@](C)(O)[C@H]1[C@@H](O)C=C(C)C[C@H]1OC(=O)C(C)C. The zero-order valence-corrected chi connectivity index (χ0v) is 15.3. The lowest BCUT2D eigenvalue weighted by molar-refractivity contribution is -0.169. The minimum absolute atomic E-state index is 0.227. The third-order valence-electron chi connectivity index (χ3n) is 4.41. The van der Waals surface area contributed by atoms with E-state index in [1.165, 1.54) is 5.57 Å². The molecule has 0 amide bonds. The van der Waals surface area contributed by atoms with E-state index in [4.69, 9.17) is 4.74 Å². The number of hydrogen-bond donors (Lipinski definition) is 2. The van der Waals surface area contributed by atoms with Crippen LogP contribution in [0.5, 0.6) is 0 Å². The molecule has 1 rings (SSSR count). The molecule has 0 spiro atoms. The standard InChI is InChI=1S/C19H32O4/c1-12(2)8-7-9-19(6,22)17-15(20)10-14(5)11-16(17)23-18(21)13(3)4/h8,10,13,15-17,20,22H,7,9,11H2,1-6H3/t15-,16+,17-,19-/m0/s1. The van der Waals surface area contributed by atoms with Crippen molar-refractivity contribution in [2.45, 2.75) is 78.6 Å². The van der Waals surface area contributed by atoms with E-state index in [2.05, 4.69) is 6.08 Å². The molecule has 1 aliphatic rings. The third kappa shape index (κ3) is 5.78. The molecule has 4 atom stereocenters. The van der Waals surface area contributed by atoms with E-state index in [9.17, 15) is 15.0 Å². The smallest absolute Gasteiger partial charge is 0.308 e. The molecule has 132 valence electrons. The van der Waals surface area contributed by atoms with Crippen molar-refractivity contribution in [3.05, 3.63) is 23.3 Å². The molecule has 0 saturated heterocycles. The van der Waals surface area contributed by atoms with Crippen molar-refractivity contribution in [3.63, 3.8) is 0 Å². The molecule has 4 nitrogen and oxygen atoms in total. The van der Waals surface area contributed by atoms with E-state index >= 15 is 0 Å². The largest absolute Gasteiger partial charge is 0.461 e. The number of allylic oxidation sites excluding steroid dienone is 2. The summed E-state index contributed by atoms with van der Waals surface area (Å²) in [6.07, 6.45) is 4.33. The third-order valence-corrected chi connectivity index (χ3v) is 4.41. The quantitative estimate of drug-likeness (QED) is 0.580. The summed E-state index contributed by atoms with van der Waals surface area (Å²) >= 11 is 0. The molecule has 0 bridgehead atoms. The van der Waals surface area contributed by atoms with Gasteiger partial charge in [-0.3, -0.25) is 4.79 Å². The number of rotatable bonds is 6. The van der Waals surface area contributed by atoms with Crippen LogP contribution in [-0.4, -0.2) is 34.0 Å². The van der Waals surface area contributed by atoms with Crippen LogP contribution in [0.4, 0.5) is 0 Å². The second-order valence-corrected chi connectivity index (χ2v) is 7.54. The first-order valence-corrected chi connectivity index (χ1v) is 8.46. The van der Waals surface area contributed by atoms with Crippen LogP contribution in [0, 0.1) is 11.8 Å². The van der Waals surface area contributed by atoms with E-state index in [0.29, 0.717) is 12.8 Å². The molecule has 0 fully saturated rings. The van der Waals surface area contributed by atoms with Crippen molar-refractivity contribution in [3.8, 4) is 0 Å². The Labute approximate surface area is 140 Å². The molecule has 0 aromatic carbocycles. The van der Waals surface area contributed by atoms with E-state index in [-0.39, 0.29) is 11.9 Å². The molecule has 0 aromatic heterocycles. The normalized spacial score (nSPS) is 27.2. The lowest BCUT2D eigenvalue weighted by atomic mass is 9.73. The van der Waals surface area contributed by atoms with Gasteiger partial charge in [-0.25, -0.2) is 0 Å². The number of ether oxygens (including phenoxy) is 1. The van der Waals surface area contributed by atoms with Crippen LogP contribution in [0.3, 0.4) is 0 Å². The average molecular weight is 324 g/mol. The Hall–Kier alpha value is -1.13. The second-order valence-electron chi connectivity index (χ2n) is 7.54. The summed E-state index contributed by atoms with van der Waals surface area (Å²) in [5.74, 6) is -1.03. The molecule has 2 N–H and O–H groups in total. The van der Waals surface area contributed by atoms with E-state index in [1.54, 1.807) is 26.8 Å². The topological polar surface area (TPSA) is 66.8 Å². The van der Waals surface area contributed by atoms with Gasteiger partial charge in [-0.2, -0.15) is 0 Å². The zero-order valence-electron chi connectivity index (χ0n) is 15.3. The van der Waals surface area contributed by atoms with Gasteiger partial charge in [-0.1, -0.05) is 37.1 Å². The van der Waals surface area contributed by atoms with E-state index in [1.807, 2.05) is 20.8 Å². The second kappa shape index (κ2) is 8.11. The molecule has 1 aliphatic carbocycles. The predicted octanol–water partition coefficient (Wildman–Crippen LogP) is 3.38. The Bertz CT molecular complexity index is 470. The van der Waals surface area contributed by atoms with Gasteiger partial charge >= 0.3 is 5.97 Å². The Kier molecular flexibility index (Phi) is 7.02. The fraction of sp³-hybridized carbons (Fsp3) is 0.737. The number of esters is 1. The predicted molar refractivity (Wildman–Crippen MR) is 91.9 cm³/mol. The van der Waals surface area contributed by atoms with Crippen molar-refractivity contribution in [2.24, 2.45) is 11.8 Å². The summed E-state index contributed by atoms with van der Waals surface area (Å²) < 4.78 is 5.60. The Morgan fingerprint density at radius 3 is 2.61 bits per heavy atom. The lowest BCUT2D eigenvalue weighted by Crippen LogP contribution is -2.51. The monoisotopic (exact) mass is 324 g/mol. The van der Waals surface area contributed by atoms with Gasteiger partial charge in [0.15, 0.2) is 0 Å². The highest BCUT2D eigenvalue weighted by Crippen LogP contribution is 2.37. The fourth-order valence-electron chi connectivity index (χ4n) is 3.12. The van der Waals surface area contributed by atoms with Crippen molar-refractivity contribution < 1.29 is 19.7 Å². The van der Waals surface area contributed by atoms with Gasteiger partial charge in [0.25, 0.3) is 0 Å². The summed E-state index contributed by atoms with van der Waals surface area (Å²) in [5, 5.41) is 21.4. The summed E-state index contributed by atoms with van der Waals surface area (Å²) in [5.41, 5.74) is 1.07. The van der Waals surface area contributed by atoms with Gasteiger partial charge in [0.05, 0.1) is 23.5 Å². The van der Waals surface area contributed by atoms with Gasteiger partial charge in [0.2, 0.25) is 0 Å². The van der Waals surface area contributed by atoms with E-state index < -0.39 is 23.7 Å². The molecular formula is C19H32O4. The van der Waals surface area contributed by atoms with Crippen LogP contribution in [0.25, 0.3) is 0 Å². The highest BCUT2D eigenvalue weighted by Gasteiger charge is 2.45. The van der Waals surface area contributed by atoms with Crippen LogP contribution >= 0.6 is 0 Å². The molecule has 23 heavy (non-hydrogen) atoms. The summed E-state index contributed by atoms with van der Waals surface area (Å²) in [6.45, 7) is 11.2. The lowest BCUT2D eigenvalue weighted by Gasteiger charge is -2.42.